The van der Waals surface area contributed by atoms with E-state index in [1.165, 1.54) is 0 Å². The van der Waals surface area contributed by atoms with Crippen LogP contribution in [-0.4, -0.2) is 31.8 Å². The number of sulfone groups is 1. The van der Waals surface area contributed by atoms with Gasteiger partial charge in [-0.3, -0.25) is 0 Å². The van der Waals surface area contributed by atoms with Crippen molar-refractivity contribution >= 4 is 9.84 Å². The molecular weight excluding hydrogens is 280 g/mol. The van der Waals surface area contributed by atoms with Crippen LogP contribution >= 0.6 is 0 Å². The fourth-order valence-electron chi connectivity index (χ4n) is 2.75. The van der Waals surface area contributed by atoms with E-state index in [0.29, 0.717) is 17.1 Å². The number of benzene rings is 1. The molecule has 1 aromatic carbocycles. The maximum absolute atomic E-state index is 12.1. The van der Waals surface area contributed by atoms with Crippen molar-refractivity contribution in [2.75, 3.05) is 12.5 Å². The van der Waals surface area contributed by atoms with Crippen LogP contribution in [-0.2, 0) is 9.84 Å². The summed E-state index contributed by atoms with van der Waals surface area (Å²) in [4.78, 5) is 0. The molecule has 1 aliphatic carbocycles. The molecule has 6 nitrogen and oxygen atoms in total. The van der Waals surface area contributed by atoms with Gasteiger partial charge in [-0.05, 0) is 17.7 Å². The third kappa shape index (κ3) is 1.69. The molecule has 0 unspecified atom stereocenters. The Bertz CT molecular complexity index is 710. The van der Waals surface area contributed by atoms with Crippen LogP contribution in [0.5, 0.6) is 11.5 Å². The molecule has 2 aliphatic rings. The summed E-state index contributed by atoms with van der Waals surface area (Å²) >= 11 is 0. The first-order chi connectivity index (χ1) is 9.44. The van der Waals surface area contributed by atoms with Crippen LogP contribution in [0.1, 0.15) is 18.4 Å². The van der Waals surface area contributed by atoms with Crippen molar-refractivity contribution in [3.05, 3.63) is 23.8 Å². The lowest BCUT2D eigenvalue weighted by Crippen LogP contribution is -2.29. The highest BCUT2D eigenvalue weighted by atomic mass is 32.2. The molecule has 1 heterocycles. The number of rotatable bonds is 3. The van der Waals surface area contributed by atoms with Crippen LogP contribution in [0.3, 0.4) is 0 Å². The molecule has 0 amide bonds. The number of nitrogens with zero attached hydrogens (tertiary/aromatic N) is 1. The molecule has 1 fully saturated rings. The second-order valence-corrected chi connectivity index (χ2v) is 7.42. The van der Waals surface area contributed by atoms with Crippen molar-refractivity contribution in [2.45, 2.75) is 23.6 Å². The predicted octanol–water partition coefficient (Wildman–Crippen LogP) is 0.537. The third-order valence-corrected chi connectivity index (χ3v) is 6.16. The summed E-state index contributed by atoms with van der Waals surface area (Å²) in [6, 6.07) is 7.10. The number of nitrogens with two attached hydrogens (primary N) is 1. The summed E-state index contributed by atoms with van der Waals surface area (Å²) in [5.41, 5.74) is 5.30. The lowest BCUT2D eigenvalue weighted by Gasteiger charge is -2.02. The summed E-state index contributed by atoms with van der Waals surface area (Å²) < 4.78 is 34.6. The van der Waals surface area contributed by atoms with E-state index in [-0.39, 0.29) is 12.5 Å². The van der Waals surface area contributed by atoms with Crippen LogP contribution in [0.4, 0.5) is 0 Å². The van der Waals surface area contributed by atoms with Crippen molar-refractivity contribution in [1.82, 2.24) is 0 Å². The van der Waals surface area contributed by atoms with Gasteiger partial charge in [0.25, 0.3) is 0 Å². The van der Waals surface area contributed by atoms with Gasteiger partial charge in [0.2, 0.25) is 6.79 Å². The zero-order valence-electron chi connectivity index (χ0n) is 10.9. The molecule has 1 saturated carbocycles. The minimum atomic E-state index is -3.38. The average molecular weight is 294 g/mol. The Balaban J connectivity index is 2.01. The summed E-state index contributed by atoms with van der Waals surface area (Å²) in [5.74, 6) is 0.623. The molecule has 3 rings (SSSR count). The Morgan fingerprint density at radius 3 is 2.80 bits per heavy atom. The molecule has 0 radical (unpaired) electrons. The molecule has 20 heavy (non-hydrogen) atoms. The van der Waals surface area contributed by atoms with Gasteiger partial charge in [-0.2, -0.15) is 5.26 Å². The fraction of sp³-hybridized carbons (Fsp3) is 0.462. The SMILES string of the molecule is CCS(=O)(=O)[C@@H]1[C@@H](c2ccc3c(c2)OCO3)[C@@]1(N)C#N. The molecule has 0 bridgehead atoms. The van der Waals surface area contributed by atoms with Crippen molar-refractivity contribution in [2.24, 2.45) is 5.73 Å². The molecule has 1 aliphatic heterocycles. The zero-order valence-corrected chi connectivity index (χ0v) is 11.7. The van der Waals surface area contributed by atoms with Crippen LogP contribution < -0.4 is 15.2 Å². The number of hydrogen-bond acceptors (Lipinski definition) is 6. The molecule has 3 atom stereocenters. The smallest absolute Gasteiger partial charge is 0.231 e. The van der Waals surface area contributed by atoms with Gasteiger partial charge in [0, 0.05) is 11.7 Å². The Labute approximate surface area is 117 Å². The van der Waals surface area contributed by atoms with Gasteiger partial charge in [-0.25, -0.2) is 8.42 Å². The first kappa shape index (κ1) is 13.2. The summed E-state index contributed by atoms with van der Waals surface area (Å²) in [6.45, 7) is 1.70. The van der Waals surface area contributed by atoms with Gasteiger partial charge in [0.1, 0.15) is 10.8 Å². The van der Waals surface area contributed by atoms with Crippen molar-refractivity contribution in [1.29, 1.82) is 5.26 Å². The van der Waals surface area contributed by atoms with E-state index in [4.69, 9.17) is 15.2 Å². The third-order valence-electron chi connectivity index (χ3n) is 3.92. The van der Waals surface area contributed by atoms with E-state index in [1.807, 2.05) is 6.07 Å². The van der Waals surface area contributed by atoms with Crippen LogP contribution in [0, 0.1) is 11.3 Å². The van der Waals surface area contributed by atoms with Gasteiger partial charge in [0.05, 0.1) is 6.07 Å². The summed E-state index contributed by atoms with van der Waals surface area (Å²) in [7, 11) is -3.38. The van der Waals surface area contributed by atoms with Crippen LogP contribution in [0.2, 0.25) is 0 Å². The molecule has 106 valence electrons. The lowest BCUT2D eigenvalue weighted by atomic mass is 10.1. The quantitative estimate of drug-likeness (QED) is 0.872. The van der Waals surface area contributed by atoms with Crippen molar-refractivity contribution in [3.8, 4) is 17.6 Å². The second-order valence-electron chi connectivity index (χ2n) is 5.01. The van der Waals surface area contributed by atoms with E-state index >= 15 is 0 Å². The van der Waals surface area contributed by atoms with Crippen molar-refractivity contribution in [3.63, 3.8) is 0 Å². The monoisotopic (exact) mass is 294 g/mol. The number of nitriles is 1. The maximum Gasteiger partial charge on any atom is 0.231 e. The highest BCUT2D eigenvalue weighted by Crippen LogP contribution is 2.55. The number of fused-ring (bicyclic) bond motifs is 1. The highest BCUT2D eigenvalue weighted by molar-refractivity contribution is 7.92. The maximum atomic E-state index is 12.1. The summed E-state index contributed by atoms with van der Waals surface area (Å²) in [5, 5.41) is 8.37. The first-order valence-electron chi connectivity index (χ1n) is 6.25. The van der Waals surface area contributed by atoms with E-state index < -0.39 is 26.5 Å². The van der Waals surface area contributed by atoms with E-state index in [2.05, 4.69) is 0 Å². The highest BCUT2D eigenvalue weighted by Gasteiger charge is 2.69. The zero-order chi connectivity index (χ0) is 14.5. The Morgan fingerprint density at radius 2 is 2.15 bits per heavy atom. The second kappa shape index (κ2) is 4.11. The normalized spacial score (nSPS) is 30.9. The number of hydrogen-bond donors (Lipinski definition) is 1. The van der Waals surface area contributed by atoms with Gasteiger partial charge in [0.15, 0.2) is 21.3 Å². The van der Waals surface area contributed by atoms with Gasteiger partial charge >= 0.3 is 0 Å². The van der Waals surface area contributed by atoms with Gasteiger partial charge in [-0.15, -0.1) is 0 Å². The molecule has 1 aromatic rings. The minimum Gasteiger partial charge on any atom is -0.454 e. The topological polar surface area (TPSA) is 102 Å². The average Bonchev–Trinajstić information content (AvgIpc) is 2.83. The van der Waals surface area contributed by atoms with Crippen LogP contribution in [0.25, 0.3) is 0 Å². The van der Waals surface area contributed by atoms with Gasteiger partial charge in [-0.1, -0.05) is 13.0 Å². The van der Waals surface area contributed by atoms with Crippen LogP contribution in [0.15, 0.2) is 18.2 Å². The molecule has 2 N–H and O–H groups in total. The fourth-order valence-corrected chi connectivity index (χ4v) is 4.62. The standard InChI is InChI=1S/C13H14N2O4S/c1-2-20(16,17)12-11(13(12,15)6-14)8-3-4-9-10(5-8)19-7-18-9/h3-5,11-12H,2,7,15H2,1H3/t11-,12-,13+/m1/s1. The van der Waals surface area contributed by atoms with E-state index in [9.17, 15) is 13.7 Å². The molecule has 0 aromatic heterocycles. The minimum absolute atomic E-state index is 0.0284. The first-order valence-corrected chi connectivity index (χ1v) is 7.97. The summed E-state index contributed by atoms with van der Waals surface area (Å²) in [6.07, 6.45) is 0. The van der Waals surface area contributed by atoms with E-state index in [0.717, 1.165) is 0 Å². The predicted molar refractivity (Wildman–Crippen MR) is 71.1 cm³/mol. The Kier molecular flexibility index (Phi) is 2.71. The molecular formula is C13H14N2O4S. The molecule has 0 saturated heterocycles. The van der Waals surface area contributed by atoms with E-state index in [1.54, 1.807) is 25.1 Å². The number of ether oxygens (including phenoxy) is 2. The lowest BCUT2D eigenvalue weighted by molar-refractivity contribution is 0.174. The van der Waals surface area contributed by atoms with Crippen molar-refractivity contribution < 1.29 is 17.9 Å². The largest absolute Gasteiger partial charge is 0.454 e. The Hall–Kier alpha value is -1.78. The molecule has 0 spiro atoms. The van der Waals surface area contributed by atoms with Gasteiger partial charge < -0.3 is 15.2 Å². The molecule has 7 heteroatoms. The Morgan fingerprint density at radius 1 is 1.45 bits per heavy atom.